The zero-order valence-corrected chi connectivity index (χ0v) is 9.88. The molecule has 1 aliphatic rings. The number of hydrogen-bond acceptors (Lipinski definition) is 3. The van der Waals surface area contributed by atoms with Gasteiger partial charge in [0.25, 0.3) is 0 Å². The maximum Gasteiger partial charge on any atom is 0.169 e. The first kappa shape index (κ1) is 10.2. The van der Waals surface area contributed by atoms with Crippen LogP contribution >= 0.6 is 15.9 Å². The quantitative estimate of drug-likeness (QED) is 0.878. The number of furan rings is 1. The van der Waals surface area contributed by atoms with E-state index >= 15 is 0 Å². The third-order valence-electron chi connectivity index (χ3n) is 2.46. The van der Waals surface area contributed by atoms with Crippen LogP contribution in [-0.2, 0) is 6.54 Å². The summed E-state index contributed by atoms with van der Waals surface area (Å²) in [7, 11) is 0. The van der Waals surface area contributed by atoms with Crippen LogP contribution in [0.1, 0.15) is 12.7 Å². The maximum atomic E-state index is 5.48. The van der Waals surface area contributed by atoms with E-state index in [2.05, 4.69) is 33.1 Å². The van der Waals surface area contributed by atoms with Crippen molar-refractivity contribution in [3.8, 4) is 0 Å². The Morgan fingerprint density at radius 2 is 2.50 bits per heavy atom. The predicted molar refractivity (Wildman–Crippen MR) is 59.1 cm³/mol. The SMILES string of the molecule is CC1CN(Cc2ccc(Br)o2)CCN1. The van der Waals surface area contributed by atoms with Gasteiger partial charge in [-0.05, 0) is 35.0 Å². The third-order valence-corrected chi connectivity index (χ3v) is 2.89. The fourth-order valence-electron chi connectivity index (χ4n) is 1.81. The summed E-state index contributed by atoms with van der Waals surface area (Å²) < 4.78 is 6.29. The van der Waals surface area contributed by atoms with Gasteiger partial charge in [0, 0.05) is 25.7 Å². The topological polar surface area (TPSA) is 28.4 Å². The van der Waals surface area contributed by atoms with Gasteiger partial charge in [-0.1, -0.05) is 0 Å². The van der Waals surface area contributed by atoms with Gasteiger partial charge in [0.1, 0.15) is 5.76 Å². The van der Waals surface area contributed by atoms with Gasteiger partial charge in [0.15, 0.2) is 4.67 Å². The van der Waals surface area contributed by atoms with Gasteiger partial charge >= 0.3 is 0 Å². The van der Waals surface area contributed by atoms with Crippen molar-refractivity contribution in [3.05, 3.63) is 22.6 Å². The highest BCUT2D eigenvalue weighted by atomic mass is 79.9. The van der Waals surface area contributed by atoms with Crippen molar-refractivity contribution in [1.82, 2.24) is 10.2 Å². The minimum Gasteiger partial charge on any atom is -0.453 e. The maximum absolute atomic E-state index is 5.48. The summed E-state index contributed by atoms with van der Waals surface area (Å²) in [6.45, 7) is 6.39. The average molecular weight is 259 g/mol. The van der Waals surface area contributed by atoms with E-state index in [9.17, 15) is 0 Å². The minimum absolute atomic E-state index is 0.585. The highest BCUT2D eigenvalue weighted by Crippen LogP contribution is 2.16. The van der Waals surface area contributed by atoms with Crippen molar-refractivity contribution in [2.24, 2.45) is 0 Å². The number of halogens is 1. The van der Waals surface area contributed by atoms with E-state index in [4.69, 9.17) is 4.42 Å². The van der Waals surface area contributed by atoms with Crippen LogP contribution in [0.3, 0.4) is 0 Å². The summed E-state index contributed by atoms with van der Waals surface area (Å²) in [5.74, 6) is 1.03. The largest absolute Gasteiger partial charge is 0.453 e. The summed E-state index contributed by atoms with van der Waals surface area (Å²) in [6, 6.07) is 4.56. The molecule has 1 aromatic rings. The molecule has 2 heterocycles. The molecule has 0 radical (unpaired) electrons. The molecule has 1 unspecified atom stereocenters. The van der Waals surface area contributed by atoms with E-state index in [1.807, 2.05) is 12.1 Å². The number of rotatable bonds is 2. The first-order valence-electron chi connectivity index (χ1n) is 4.94. The number of piperazine rings is 1. The lowest BCUT2D eigenvalue weighted by atomic mass is 10.2. The van der Waals surface area contributed by atoms with Crippen LogP contribution in [0.15, 0.2) is 21.2 Å². The number of hydrogen-bond donors (Lipinski definition) is 1. The van der Waals surface area contributed by atoms with Crippen LogP contribution in [0.2, 0.25) is 0 Å². The molecule has 0 saturated carbocycles. The van der Waals surface area contributed by atoms with Crippen LogP contribution in [0.25, 0.3) is 0 Å². The molecule has 78 valence electrons. The molecule has 1 N–H and O–H groups in total. The minimum atomic E-state index is 0.585. The van der Waals surface area contributed by atoms with Gasteiger partial charge in [0.2, 0.25) is 0 Å². The monoisotopic (exact) mass is 258 g/mol. The first-order valence-corrected chi connectivity index (χ1v) is 5.73. The summed E-state index contributed by atoms with van der Waals surface area (Å²) in [4.78, 5) is 2.41. The molecule has 0 aliphatic carbocycles. The highest BCUT2D eigenvalue weighted by molar-refractivity contribution is 9.10. The number of nitrogens with one attached hydrogen (secondary N) is 1. The molecule has 3 nitrogen and oxygen atoms in total. The Balaban J connectivity index is 1.90. The van der Waals surface area contributed by atoms with Gasteiger partial charge in [-0.3, -0.25) is 4.90 Å². The third kappa shape index (κ3) is 2.59. The van der Waals surface area contributed by atoms with E-state index in [0.29, 0.717) is 6.04 Å². The average Bonchev–Trinajstić information content (AvgIpc) is 2.51. The molecule has 1 fully saturated rings. The molecule has 4 heteroatoms. The van der Waals surface area contributed by atoms with Gasteiger partial charge in [-0.15, -0.1) is 0 Å². The normalized spacial score (nSPS) is 24.0. The lowest BCUT2D eigenvalue weighted by Gasteiger charge is -2.30. The van der Waals surface area contributed by atoms with Gasteiger partial charge in [-0.25, -0.2) is 0 Å². The molecule has 0 spiro atoms. The van der Waals surface area contributed by atoms with Crippen molar-refractivity contribution >= 4 is 15.9 Å². The highest BCUT2D eigenvalue weighted by Gasteiger charge is 2.16. The second kappa shape index (κ2) is 4.47. The van der Waals surface area contributed by atoms with Crippen molar-refractivity contribution in [3.63, 3.8) is 0 Å². The lowest BCUT2D eigenvalue weighted by molar-refractivity contribution is 0.186. The standard InChI is InChI=1S/C10H15BrN2O/c1-8-6-13(5-4-12-8)7-9-2-3-10(11)14-9/h2-3,8,12H,4-7H2,1H3. The molecule has 2 rings (SSSR count). The van der Waals surface area contributed by atoms with Crippen molar-refractivity contribution in [2.75, 3.05) is 19.6 Å². The molecule has 0 amide bonds. The Kier molecular flexibility index (Phi) is 3.26. The Bertz CT molecular complexity index is 300. The predicted octanol–water partition coefficient (Wildman–Crippen LogP) is 1.84. The summed E-state index contributed by atoms with van der Waals surface area (Å²) in [6.07, 6.45) is 0. The molecule has 1 aliphatic heterocycles. The first-order chi connectivity index (χ1) is 6.74. The molecule has 1 atom stereocenters. The molecule has 0 bridgehead atoms. The Hall–Kier alpha value is -0.320. The van der Waals surface area contributed by atoms with Crippen LogP contribution in [0.4, 0.5) is 0 Å². The summed E-state index contributed by atoms with van der Waals surface area (Å²) >= 11 is 3.31. The molecule has 14 heavy (non-hydrogen) atoms. The van der Waals surface area contributed by atoms with Gasteiger partial charge in [0.05, 0.1) is 6.54 Å². The van der Waals surface area contributed by atoms with Crippen molar-refractivity contribution < 1.29 is 4.42 Å². The van der Waals surface area contributed by atoms with Crippen LogP contribution in [0, 0.1) is 0 Å². The van der Waals surface area contributed by atoms with Crippen LogP contribution < -0.4 is 5.32 Å². The fraction of sp³-hybridized carbons (Fsp3) is 0.600. The Labute approximate surface area is 92.6 Å². The van der Waals surface area contributed by atoms with E-state index in [-0.39, 0.29) is 0 Å². The van der Waals surface area contributed by atoms with E-state index < -0.39 is 0 Å². The van der Waals surface area contributed by atoms with Crippen molar-refractivity contribution in [1.29, 1.82) is 0 Å². The molecular weight excluding hydrogens is 244 g/mol. The zero-order chi connectivity index (χ0) is 9.97. The second-order valence-electron chi connectivity index (χ2n) is 3.80. The molecule has 1 aromatic heterocycles. The van der Waals surface area contributed by atoms with E-state index in [1.165, 1.54) is 0 Å². The molecular formula is C10H15BrN2O. The van der Waals surface area contributed by atoms with Crippen LogP contribution in [-0.4, -0.2) is 30.6 Å². The molecule has 0 aromatic carbocycles. The summed E-state index contributed by atoms with van der Waals surface area (Å²) in [5, 5.41) is 3.42. The Morgan fingerprint density at radius 1 is 1.64 bits per heavy atom. The second-order valence-corrected chi connectivity index (χ2v) is 4.58. The van der Waals surface area contributed by atoms with Crippen molar-refractivity contribution in [2.45, 2.75) is 19.5 Å². The fourth-order valence-corrected chi connectivity index (χ4v) is 2.15. The van der Waals surface area contributed by atoms with E-state index in [1.54, 1.807) is 0 Å². The zero-order valence-electron chi connectivity index (χ0n) is 8.29. The van der Waals surface area contributed by atoms with Crippen LogP contribution in [0.5, 0.6) is 0 Å². The van der Waals surface area contributed by atoms with Gasteiger partial charge in [-0.2, -0.15) is 0 Å². The summed E-state index contributed by atoms with van der Waals surface area (Å²) in [5.41, 5.74) is 0. The van der Waals surface area contributed by atoms with Gasteiger partial charge < -0.3 is 9.73 Å². The lowest BCUT2D eigenvalue weighted by Crippen LogP contribution is -2.48. The smallest absolute Gasteiger partial charge is 0.169 e. The Morgan fingerprint density at radius 3 is 3.14 bits per heavy atom. The van der Waals surface area contributed by atoms with E-state index in [0.717, 1.165) is 36.6 Å². The number of nitrogens with zero attached hydrogens (tertiary/aromatic N) is 1. The molecule has 1 saturated heterocycles.